The zero-order valence-electron chi connectivity index (χ0n) is 10.1. The van der Waals surface area contributed by atoms with Gasteiger partial charge in [-0.15, -0.1) is 0 Å². The van der Waals surface area contributed by atoms with Crippen molar-refractivity contribution in [2.45, 2.75) is 25.5 Å². The van der Waals surface area contributed by atoms with Gasteiger partial charge in [0.1, 0.15) is 5.69 Å². The summed E-state index contributed by atoms with van der Waals surface area (Å²) in [4.78, 5) is 12.6. The van der Waals surface area contributed by atoms with Crippen LogP contribution in [0.4, 0.5) is 11.4 Å². The minimum atomic E-state index is -0.374. The minimum Gasteiger partial charge on any atom is -0.393 e. The Morgan fingerprint density at radius 1 is 1.44 bits per heavy atom. The second kappa shape index (κ2) is 5.32. The molecule has 6 nitrogen and oxygen atoms in total. The first kappa shape index (κ1) is 12.8. The van der Waals surface area contributed by atoms with Crippen molar-refractivity contribution >= 4 is 11.4 Å². The fourth-order valence-electron chi connectivity index (χ4n) is 2.21. The lowest BCUT2D eigenvalue weighted by Gasteiger charge is -2.31. The standard InChI is InChI=1S/C12H17N3O3/c13-8-9-1-2-11(15(17)18)12(7-9)14-5-3-10(16)4-6-14/h1-2,7,10,16H,3-6,8,13H2. The maximum atomic E-state index is 11.0. The number of nitro benzene ring substituents is 1. The highest BCUT2D eigenvalue weighted by molar-refractivity contribution is 5.64. The summed E-state index contributed by atoms with van der Waals surface area (Å²) in [5, 5.41) is 20.5. The van der Waals surface area contributed by atoms with Crippen LogP contribution in [0.1, 0.15) is 18.4 Å². The molecule has 1 aliphatic heterocycles. The molecule has 3 N–H and O–H groups in total. The maximum Gasteiger partial charge on any atom is 0.292 e. The molecule has 98 valence electrons. The molecular weight excluding hydrogens is 234 g/mol. The molecule has 0 aliphatic carbocycles. The van der Waals surface area contributed by atoms with E-state index in [-0.39, 0.29) is 16.7 Å². The van der Waals surface area contributed by atoms with Crippen LogP contribution in [0.3, 0.4) is 0 Å². The molecule has 1 heterocycles. The van der Waals surface area contributed by atoms with E-state index < -0.39 is 0 Å². The molecule has 6 heteroatoms. The number of hydrogen-bond acceptors (Lipinski definition) is 5. The Balaban J connectivity index is 2.31. The van der Waals surface area contributed by atoms with Gasteiger partial charge in [0, 0.05) is 25.7 Å². The van der Waals surface area contributed by atoms with Crippen molar-refractivity contribution in [3.05, 3.63) is 33.9 Å². The lowest BCUT2D eigenvalue weighted by Crippen LogP contribution is -2.36. The quantitative estimate of drug-likeness (QED) is 0.618. The number of piperidine rings is 1. The van der Waals surface area contributed by atoms with E-state index in [9.17, 15) is 15.2 Å². The van der Waals surface area contributed by atoms with Gasteiger partial charge in [-0.2, -0.15) is 0 Å². The van der Waals surface area contributed by atoms with Crippen LogP contribution >= 0.6 is 0 Å². The molecule has 1 saturated heterocycles. The van der Waals surface area contributed by atoms with Gasteiger partial charge < -0.3 is 15.7 Å². The Labute approximate surface area is 105 Å². The fraction of sp³-hybridized carbons (Fsp3) is 0.500. The van der Waals surface area contributed by atoms with Gasteiger partial charge in [-0.3, -0.25) is 10.1 Å². The van der Waals surface area contributed by atoms with Gasteiger partial charge in [0.05, 0.1) is 11.0 Å². The van der Waals surface area contributed by atoms with E-state index in [1.165, 1.54) is 6.07 Å². The first-order valence-electron chi connectivity index (χ1n) is 6.02. The van der Waals surface area contributed by atoms with Crippen LogP contribution in [0.25, 0.3) is 0 Å². The summed E-state index contributed by atoms with van der Waals surface area (Å²) in [6.45, 7) is 1.63. The molecule has 2 rings (SSSR count). The zero-order chi connectivity index (χ0) is 13.1. The number of benzene rings is 1. The van der Waals surface area contributed by atoms with E-state index in [2.05, 4.69) is 0 Å². The fourth-order valence-corrected chi connectivity index (χ4v) is 2.21. The molecule has 1 aromatic rings. The van der Waals surface area contributed by atoms with Crippen LogP contribution in [-0.2, 0) is 6.54 Å². The Hall–Kier alpha value is -1.66. The largest absolute Gasteiger partial charge is 0.393 e. The molecule has 1 aromatic carbocycles. The van der Waals surface area contributed by atoms with Crippen LogP contribution in [0, 0.1) is 10.1 Å². The molecule has 0 radical (unpaired) electrons. The second-order valence-electron chi connectivity index (χ2n) is 4.50. The average molecular weight is 251 g/mol. The van der Waals surface area contributed by atoms with Gasteiger partial charge >= 0.3 is 0 Å². The number of nitro groups is 1. The van der Waals surface area contributed by atoms with Crippen LogP contribution in [-0.4, -0.2) is 29.2 Å². The van der Waals surface area contributed by atoms with E-state index in [0.717, 1.165) is 5.56 Å². The second-order valence-corrected chi connectivity index (χ2v) is 4.50. The SMILES string of the molecule is NCc1ccc([N+](=O)[O-])c(N2CCC(O)CC2)c1. The van der Waals surface area contributed by atoms with Crippen LogP contribution in [0.2, 0.25) is 0 Å². The number of aliphatic hydroxyl groups is 1. The first-order valence-corrected chi connectivity index (χ1v) is 6.02. The molecule has 0 saturated carbocycles. The molecule has 1 fully saturated rings. The van der Waals surface area contributed by atoms with Crippen LogP contribution in [0.5, 0.6) is 0 Å². The number of hydrogen-bond donors (Lipinski definition) is 2. The van der Waals surface area contributed by atoms with Crippen molar-refractivity contribution in [2.75, 3.05) is 18.0 Å². The summed E-state index contributed by atoms with van der Waals surface area (Å²) in [7, 11) is 0. The van der Waals surface area contributed by atoms with Crippen molar-refractivity contribution in [3.8, 4) is 0 Å². The Morgan fingerprint density at radius 2 is 2.11 bits per heavy atom. The highest BCUT2D eigenvalue weighted by Crippen LogP contribution is 2.31. The van der Waals surface area contributed by atoms with Crippen molar-refractivity contribution in [1.82, 2.24) is 0 Å². The van der Waals surface area contributed by atoms with E-state index in [1.807, 2.05) is 4.90 Å². The molecule has 0 unspecified atom stereocenters. The molecule has 0 atom stereocenters. The third-order valence-electron chi connectivity index (χ3n) is 3.28. The first-order chi connectivity index (χ1) is 8.61. The normalized spacial score (nSPS) is 16.9. The lowest BCUT2D eigenvalue weighted by molar-refractivity contribution is -0.384. The average Bonchev–Trinajstić information content (AvgIpc) is 2.38. The smallest absolute Gasteiger partial charge is 0.292 e. The molecule has 0 spiro atoms. The van der Waals surface area contributed by atoms with E-state index in [0.29, 0.717) is 38.2 Å². The summed E-state index contributed by atoms with van der Waals surface area (Å²) < 4.78 is 0. The van der Waals surface area contributed by atoms with E-state index >= 15 is 0 Å². The molecule has 1 aliphatic rings. The maximum absolute atomic E-state index is 11.0. The molecular formula is C12H17N3O3. The predicted molar refractivity (Wildman–Crippen MR) is 68.4 cm³/mol. The number of rotatable bonds is 3. The molecule has 0 bridgehead atoms. The Kier molecular flexibility index (Phi) is 3.78. The van der Waals surface area contributed by atoms with Crippen molar-refractivity contribution in [2.24, 2.45) is 5.73 Å². The van der Waals surface area contributed by atoms with Gasteiger partial charge in [0.25, 0.3) is 5.69 Å². The van der Waals surface area contributed by atoms with Crippen molar-refractivity contribution in [3.63, 3.8) is 0 Å². The highest BCUT2D eigenvalue weighted by atomic mass is 16.6. The van der Waals surface area contributed by atoms with Crippen molar-refractivity contribution in [1.29, 1.82) is 0 Å². The van der Waals surface area contributed by atoms with E-state index in [1.54, 1.807) is 12.1 Å². The van der Waals surface area contributed by atoms with Gasteiger partial charge in [0.15, 0.2) is 0 Å². The summed E-state index contributed by atoms with van der Waals surface area (Å²) >= 11 is 0. The number of anilines is 1. The summed E-state index contributed by atoms with van der Waals surface area (Å²) in [6, 6.07) is 4.96. The minimum absolute atomic E-state index is 0.101. The van der Waals surface area contributed by atoms with Gasteiger partial charge in [-0.25, -0.2) is 0 Å². The number of aliphatic hydroxyl groups excluding tert-OH is 1. The topological polar surface area (TPSA) is 92.6 Å². The highest BCUT2D eigenvalue weighted by Gasteiger charge is 2.23. The van der Waals surface area contributed by atoms with Crippen molar-refractivity contribution < 1.29 is 10.0 Å². The van der Waals surface area contributed by atoms with Crippen LogP contribution in [0.15, 0.2) is 18.2 Å². The third kappa shape index (κ3) is 2.60. The third-order valence-corrected chi connectivity index (χ3v) is 3.28. The molecule has 0 amide bonds. The van der Waals surface area contributed by atoms with Gasteiger partial charge in [-0.1, -0.05) is 6.07 Å². The number of nitrogens with zero attached hydrogens (tertiary/aromatic N) is 2. The zero-order valence-corrected chi connectivity index (χ0v) is 10.1. The van der Waals surface area contributed by atoms with Crippen LogP contribution < -0.4 is 10.6 Å². The van der Waals surface area contributed by atoms with Gasteiger partial charge in [-0.05, 0) is 24.5 Å². The summed E-state index contributed by atoms with van der Waals surface area (Å²) in [5.74, 6) is 0. The Bertz CT molecular complexity index is 442. The monoisotopic (exact) mass is 251 g/mol. The molecule has 18 heavy (non-hydrogen) atoms. The Morgan fingerprint density at radius 3 is 2.67 bits per heavy atom. The summed E-state index contributed by atoms with van der Waals surface area (Å²) in [5.41, 5.74) is 7.15. The molecule has 0 aromatic heterocycles. The summed E-state index contributed by atoms with van der Waals surface area (Å²) in [6.07, 6.45) is 0.992. The number of nitrogens with two attached hydrogens (primary N) is 1. The lowest BCUT2D eigenvalue weighted by atomic mass is 10.1. The predicted octanol–water partition coefficient (Wildman–Crippen LogP) is 1.01. The van der Waals surface area contributed by atoms with E-state index in [4.69, 9.17) is 5.73 Å². The van der Waals surface area contributed by atoms with Gasteiger partial charge in [0.2, 0.25) is 0 Å².